The molecule has 0 radical (unpaired) electrons. The zero-order valence-electron chi connectivity index (χ0n) is 38.3. The molecule has 0 fully saturated rings. The van der Waals surface area contributed by atoms with Crippen LogP contribution in [0.3, 0.4) is 0 Å². The molecule has 10 aromatic carbocycles. The number of hydrogen-bond acceptors (Lipinski definition) is 0. The first kappa shape index (κ1) is 50.4. The van der Waals surface area contributed by atoms with Crippen molar-refractivity contribution < 1.29 is 73.3 Å². The van der Waals surface area contributed by atoms with Crippen molar-refractivity contribution in [2.45, 2.75) is 26.7 Å². The van der Waals surface area contributed by atoms with Gasteiger partial charge in [-0.25, -0.2) is 0 Å². The molecule has 0 aliphatic heterocycles. The van der Waals surface area contributed by atoms with Crippen LogP contribution >= 0.6 is 0 Å². The molecule has 0 atom stereocenters. The molecule has 0 N–H and O–H groups in total. The molecule has 0 amide bonds. The van der Waals surface area contributed by atoms with Gasteiger partial charge in [-0.1, -0.05) is 131 Å². The van der Waals surface area contributed by atoms with Crippen LogP contribution in [0.4, 0.5) is 0 Å². The van der Waals surface area contributed by atoms with Gasteiger partial charge in [-0.2, -0.15) is 0 Å². The monoisotopic (exact) mass is 1070 g/mol. The molecule has 2 aliphatic rings. The number of fused-ring (bicyclic) bond motifs is 6. The van der Waals surface area contributed by atoms with Crippen LogP contribution in [0, 0.1) is 0 Å². The Balaban J connectivity index is 0.000000134. The van der Waals surface area contributed by atoms with Crippen LogP contribution in [0.5, 0.6) is 0 Å². The van der Waals surface area contributed by atoms with Crippen LogP contribution in [0.2, 0.25) is 0 Å². The first-order chi connectivity index (χ1) is 32.4. The summed E-state index contributed by atoms with van der Waals surface area (Å²) >= 11 is 2.92. The van der Waals surface area contributed by atoms with E-state index in [1.54, 1.807) is 0 Å². The molecular weight excluding hydrogens is 1020 g/mol. The molecule has 0 saturated carbocycles. The third-order valence-electron chi connectivity index (χ3n) is 12.3. The van der Waals surface area contributed by atoms with Gasteiger partial charge in [0.15, 0.2) is 0 Å². The first-order valence-electron chi connectivity index (χ1n) is 22.7. The van der Waals surface area contributed by atoms with Gasteiger partial charge in [-0.3, -0.25) is 0 Å². The number of hydrogen-bond donors (Lipinski definition) is 0. The Morgan fingerprint density at radius 1 is 0.353 bits per heavy atom. The molecule has 2 aliphatic carbocycles. The Morgan fingerprint density at radius 2 is 0.647 bits per heavy atom. The van der Waals surface area contributed by atoms with Crippen LogP contribution < -0.4 is 24.8 Å². The minimum absolute atomic E-state index is 0. The second-order valence-corrected chi connectivity index (χ2v) is 19.3. The molecule has 0 unspecified atom stereocenters. The normalized spacial score (nSPS) is 12.4. The van der Waals surface area contributed by atoms with E-state index >= 15 is 0 Å². The fourth-order valence-corrected chi connectivity index (χ4v) is 10.6. The summed E-state index contributed by atoms with van der Waals surface area (Å²) in [5.41, 5.74) is 13.7. The van der Waals surface area contributed by atoms with Gasteiger partial charge in [0.05, 0.1) is 0 Å². The van der Waals surface area contributed by atoms with Crippen molar-refractivity contribution in [3.8, 4) is 0 Å². The molecule has 4 heteroatoms. The zero-order valence-corrected chi connectivity index (χ0v) is 44.7. The van der Waals surface area contributed by atoms with E-state index in [0.717, 1.165) is 12.8 Å². The molecule has 0 aromatic heterocycles. The second-order valence-electron chi connectivity index (χ2n) is 16.9. The van der Waals surface area contributed by atoms with Gasteiger partial charge in [0.2, 0.25) is 0 Å². The Labute approximate surface area is 443 Å². The van der Waals surface area contributed by atoms with E-state index in [0.29, 0.717) is 0 Å². The SMILES string of the molecule is CC1=CCC(c2cccc3c2[cH-]c2ccccc23)=C1.CC1=CCC(c2cccc3c2[cH-]c2ccccc23)=C1.[Cl-].[Cl-].[Zr]=[C](c1ccccc1)c1ccccc1.[Zr]=[C](c1ccccc1)c1ccccc1. The van der Waals surface area contributed by atoms with E-state index < -0.39 is 0 Å². The summed E-state index contributed by atoms with van der Waals surface area (Å²) in [6.07, 6.45) is 11.4. The second kappa shape index (κ2) is 24.2. The molecule has 0 saturated heterocycles. The standard InChI is InChI=1S/2C19H15.2C13H10.2ClH.2Zr/c2*1-13-9-10-15(11-13)17-7-4-8-18-16-6-3-2-5-14(16)12-19(17)18;2*1-3-7-12(8-4-1)11-13-9-5-2-6-10-13;;;;/h2*2-9,11-12H,10H2,1H3;2*1-10H;2*1H;;/q2*-1;;;;;;/p-2. The predicted octanol–water partition coefficient (Wildman–Crippen LogP) is 10.5. The summed E-state index contributed by atoms with van der Waals surface area (Å²) in [7, 11) is 0. The predicted molar refractivity (Wildman–Crippen MR) is 279 cm³/mol. The summed E-state index contributed by atoms with van der Waals surface area (Å²) in [6.45, 7) is 4.35. The van der Waals surface area contributed by atoms with Gasteiger partial charge in [-0.15, -0.1) is 67.4 Å². The molecule has 0 bridgehead atoms. The van der Waals surface area contributed by atoms with Gasteiger partial charge >= 0.3 is 198 Å². The van der Waals surface area contributed by atoms with Crippen molar-refractivity contribution in [2.24, 2.45) is 0 Å². The average molecular weight is 1070 g/mol. The van der Waals surface area contributed by atoms with E-state index in [1.807, 2.05) is 0 Å². The zero-order chi connectivity index (χ0) is 45.2. The fraction of sp³-hybridized carbons (Fsp3) is 0.0625. The summed E-state index contributed by atoms with van der Waals surface area (Å²) in [5.74, 6) is 0. The van der Waals surface area contributed by atoms with Gasteiger partial charge in [0.1, 0.15) is 0 Å². The van der Waals surface area contributed by atoms with Crippen LogP contribution in [0.1, 0.15) is 60.1 Å². The third kappa shape index (κ3) is 11.9. The molecule has 12 rings (SSSR count). The molecule has 332 valence electrons. The van der Waals surface area contributed by atoms with Gasteiger partial charge in [0, 0.05) is 0 Å². The molecule has 0 heterocycles. The van der Waals surface area contributed by atoms with Crippen molar-refractivity contribution >= 4 is 60.6 Å². The van der Waals surface area contributed by atoms with E-state index in [-0.39, 0.29) is 24.8 Å². The molecule has 0 nitrogen and oxygen atoms in total. The third-order valence-corrected chi connectivity index (χ3v) is 15.2. The summed E-state index contributed by atoms with van der Waals surface area (Å²) in [6, 6.07) is 77.5. The number of allylic oxidation sites excluding steroid dienone is 8. The first-order valence-corrected chi connectivity index (χ1v) is 25.2. The molecule has 10 aromatic rings. The van der Waals surface area contributed by atoms with Crippen LogP contribution in [-0.2, 0) is 48.5 Å². The van der Waals surface area contributed by atoms with Crippen molar-refractivity contribution in [1.29, 1.82) is 0 Å². The van der Waals surface area contributed by atoms with Crippen molar-refractivity contribution in [2.75, 3.05) is 0 Å². The number of benzene rings is 8. The summed E-state index contributed by atoms with van der Waals surface area (Å²) in [4.78, 5) is 0. The van der Waals surface area contributed by atoms with E-state index in [9.17, 15) is 0 Å². The Morgan fingerprint density at radius 3 is 0.956 bits per heavy atom. The van der Waals surface area contributed by atoms with Crippen molar-refractivity contribution in [3.05, 3.63) is 287 Å². The quantitative estimate of drug-likeness (QED) is 0.146. The minimum atomic E-state index is 0. The van der Waals surface area contributed by atoms with E-state index in [1.165, 1.54) is 154 Å². The topological polar surface area (TPSA) is 0 Å². The molecule has 0 spiro atoms. The summed E-state index contributed by atoms with van der Waals surface area (Å²) < 4.78 is 2.83. The van der Waals surface area contributed by atoms with E-state index in [2.05, 4.69) is 257 Å². The number of rotatable bonds is 6. The number of halogens is 2. The van der Waals surface area contributed by atoms with Crippen LogP contribution in [-0.4, -0.2) is 6.41 Å². The average Bonchev–Trinajstić information content (AvgIpc) is 4.20. The van der Waals surface area contributed by atoms with Crippen molar-refractivity contribution in [1.82, 2.24) is 0 Å². The maximum absolute atomic E-state index is 2.33. The van der Waals surface area contributed by atoms with Crippen LogP contribution in [0.15, 0.2) is 254 Å². The van der Waals surface area contributed by atoms with E-state index in [4.69, 9.17) is 0 Å². The van der Waals surface area contributed by atoms with Gasteiger partial charge in [-0.05, 0) is 26.7 Å². The Bertz CT molecular complexity index is 3130. The fourth-order valence-electron chi connectivity index (χ4n) is 8.97. The maximum atomic E-state index is 2.33. The Kier molecular flexibility index (Phi) is 17.9. The molecule has 68 heavy (non-hydrogen) atoms. The Hall–Kier alpha value is -5.45. The van der Waals surface area contributed by atoms with Gasteiger partial charge < -0.3 is 24.8 Å². The van der Waals surface area contributed by atoms with Crippen LogP contribution in [0.25, 0.3) is 54.2 Å². The molecular formula is C64H50Cl2Zr2-4. The summed E-state index contributed by atoms with van der Waals surface area (Å²) in [5, 5.41) is 10.9. The van der Waals surface area contributed by atoms with Gasteiger partial charge in [0.25, 0.3) is 0 Å². The van der Waals surface area contributed by atoms with Crippen molar-refractivity contribution in [3.63, 3.8) is 0 Å².